The Bertz CT molecular complexity index is 903. The largest absolute Gasteiger partial charge is 0.508 e. The highest BCUT2D eigenvalue weighted by atomic mass is 16.3. The van der Waals surface area contributed by atoms with Gasteiger partial charge in [0.25, 0.3) is 0 Å². The molecule has 5 N–H and O–H groups in total. The number of aromatic hydroxyl groups is 1. The molecule has 0 saturated heterocycles. The second-order valence-electron chi connectivity index (χ2n) is 8.53. The topological polar surface area (TPSA) is 125 Å². The minimum absolute atomic E-state index is 0.184. The van der Waals surface area contributed by atoms with E-state index in [4.69, 9.17) is 5.73 Å². The zero-order chi connectivity index (χ0) is 24.8. The van der Waals surface area contributed by atoms with Crippen molar-refractivity contribution in [3.8, 4) is 5.75 Å². The molecule has 0 spiro atoms. The molecule has 1 unspecified atom stereocenters. The minimum atomic E-state index is -1.03. The fraction of sp³-hybridized carbons (Fsp3) is 0.423. The van der Waals surface area contributed by atoms with Gasteiger partial charge in [-0.2, -0.15) is 0 Å². The SMILES string of the molecule is CN(CCCCCC(=O)NC(CC(=O)NCCc1ccc(O)cc1)C(N)=O)Cc1ccccc1. The fourth-order valence-electron chi connectivity index (χ4n) is 3.57. The molecule has 34 heavy (non-hydrogen) atoms. The molecule has 0 fully saturated rings. The molecule has 0 aliphatic heterocycles. The number of unbranched alkanes of at least 4 members (excludes halogenated alkanes) is 2. The molecule has 2 rings (SSSR count). The lowest BCUT2D eigenvalue weighted by atomic mass is 10.1. The van der Waals surface area contributed by atoms with Crippen molar-refractivity contribution in [1.29, 1.82) is 0 Å². The average molecular weight is 469 g/mol. The molecular weight excluding hydrogens is 432 g/mol. The van der Waals surface area contributed by atoms with Crippen molar-refractivity contribution in [3.05, 3.63) is 65.7 Å². The van der Waals surface area contributed by atoms with Crippen LogP contribution in [0.1, 0.15) is 43.2 Å². The predicted octanol–water partition coefficient (Wildman–Crippen LogP) is 2.10. The van der Waals surface area contributed by atoms with Crippen molar-refractivity contribution >= 4 is 17.7 Å². The number of hydrogen-bond acceptors (Lipinski definition) is 5. The Kier molecular flexibility index (Phi) is 11.6. The van der Waals surface area contributed by atoms with E-state index in [-0.39, 0.29) is 30.4 Å². The van der Waals surface area contributed by atoms with Crippen molar-refractivity contribution in [1.82, 2.24) is 15.5 Å². The summed E-state index contributed by atoms with van der Waals surface area (Å²) in [4.78, 5) is 38.3. The van der Waals surface area contributed by atoms with E-state index in [1.54, 1.807) is 24.3 Å². The van der Waals surface area contributed by atoms with Crippen molar-refractivity contribution in [2.24, 2.45) is 5.73 Å². The maximum atomic E-state index is 12.2. The highest BCUT2D eigenvalue weighted by Crippen LogP contribution is 2.10. The lowest BCUT2D eigenvalue weighted by Crippen LogP contribution is -2.47. The first-order valence-corrected chi connectivity index (χ1v) is 11.7. The van der Waals surface area contributed by atoms with Gasteiger partial charge in [-0.15, -0.1) is 0 Å². The van der Waals surface area contributed by atoms with E-state index in [1.807, 2.05) is 18.2 Å². The summed E-state index contributed by atoms with van der Waals surface area (Å²) in [6.07, 6.45) is 3.25. The summed E-state index contributed by atoms with van der Waals surface area (Å²) in [5, 5.41) is 14.6. The van der Waals surface area contributed by atoms with Gasteiger partial charge in [0.1, 0.15) is 11.8 Å². The molecule has 0 aliphatic carbocycles. The van der Waals surface area contributed by atoms with Crippen molar-refractivity contribution in [3.63, 3.8) is 0 Å². The van der Waals surface area contributed by atoms with Gasteiger partial charge in [-0.25, -0.2) is 0 Å². The number of primary amides is 1. The number of carbonyl (C=O) groups excluding carboxylic acids is 3. The molecule has 8 heteroatoms. The molecule has 3 amide bonds. The highest BCUT2D eigenvalue weighted by molar-refractivity contribution is 5.91. The molecule has 0 bridgehead atoms. The fourth-order valence-corrected chi connectivity index (χ4v) is 3.57. The first-order chi connectivity index (χ1) is 16.3. The summed E-state index contributed by atoms with van der Waals surface area (Å²) >= 11 is 0. The molecule has 0 aliphatic rings. The molecule has 2 aromatic carbocycles. The summed E-state index contributed by atoms with van der Waals surface area (Å²) in [6.45, 7) is 2.20. The van der Waals surface area contributed by atoms with Crippen LogP contribution in [-0.2, 0) is 27.3 Å². The van der Waals surface area contributed by atoms with Crippen molar-refractivity contribution < 1.29 is 19.5 Å². The van der Waals surface area contributed by atoms with Gasteiger partial charge in [-0.05, 0) is 56.1 Å². The van der Waals surface area contributed by atoms with E-state index in [9.17, 15) is 19.5 Å². The van der Waals surface area contributed by atoms with Gasteiger partial charge in [0.2, 0.25) is 17.7 Å². The third-order valence-corrected chi connectivity index (χ3v) is 5.48. The Morgan fingerprint density at radius 2 is 1.65 bits per heavy atom. The number of phenolic OH excluding ortho intramolecular Hbond substituents is 1. The van der Waals surface area contributed by atoms with E-state index in [2.05, 4.69) is 34.7 Å². The molecule has 0 heterocycles. The summed E-state index contributed by atoms with van der Waals surface area (Å²) in [5.41, 5.74) is 7.61. The van der Waals surface area contributed by atoms with Crippen LogP contribution in [-0.4, -0.2) is 53.9 Å². The lowest BCUT2D eigenvalue weighted by molar-refractivity contribution is -0.130. The molecule has 0 saturated carbocycles. The third kappa shape index (κ3) is 11.0. The number of carbonyl (C=O) groups is 3. The second kappa shape index (κ2) is 14.7. The van der Waals surface area contributed by atoms with Crippen LogP contribution in [0.4, 0.5) is 0 Å². The molecule has 1 atom stereocenters. The van der Waals surface area contributed by atoms with E-state index >= 15 is 0 Å². The second-order valence-corrected chi connectivity index (χ2v) is 8.53. The Morgan fingerprint density at radius 1 is 0.941 bits per heavy atom. The number of amides is 3. The molecule has 8 nitrogen and oxygen atoms in total. The van der Waals surface area contributed by atoms with Gasteiger partial charge in [0.05, 0.1) is 6.42 Å². The van der Waals surface area contributed by atoms with Crippen LogP contribution in [0.2, 0.25) is 0 Å². The van der Waals surface area contributed by atoms with Gasteiger partial charge in [0.15, 0.2) is 0 Å². The van der Waals surface area contributed by atoms with Gasteiger partial charge < -0.3 is 26.4 Å². The number of phenols is 1. The van der Waals surface area contributed by atoms with Crippen molar-refractivity contribution in [2.75, 3.05) is 20.1 Å². The summed E-state index contributed by atoms with van der Waals surface area (Å²) in [7, 11) is 2.08. The number of nitrogens with one attached hydrogen (secondary N) is 2. The van der Waals surface area contributed by atoms with E-state index < -0.39 is 11.9 Å². The quantitative estimate of drug-likeness (QED) is 0.298. The van der Waals surface area contributed by atoms with Gasteiger partial charge in [0, 0.05) is 19.5 Å². The van der Waals surface area contributed by atoms with Crippen LogP contribution < -0.4 is 16.4 Å². The smallest absolute Gasteiger partial charge is 0.240 e. The van der Waals surface area contributed by atoms with E-state index in [0.29, 0.717) is 19.4 Å². The molecule has 0 radical (unpaired) electrons. The standard InChI is InChI=1S/C26H36N4O4/c1-30(19-21-8-4-2-5-9-21)17-7-3-6-10-24(32)29-23(26(27)34)18-25(33)28-16-15-20-11-13-22(31)14-12-20/h2,4-5,8-9,11-14,23,31H,3,6-7,10,15-19H2,1H3,(H2,27,34)(H,28,33)(H,29,32). The van der Waals surface area contributed by atoms with Crippen LogP contribution in [0.15, 0.2) is 54.6 Å². The van der Waals surface area contributed by atoms with Crippen LogP contribution in [0.5, 0.6) is 5.75 Å². The van der Waals surface area contributed by atoms with Crippen LogP contribution in [0.25, 0.3) is 0 Å². The number of hydrogen-bond donors (Lipinski definition) is 4. The summed E-state index contributed by atoms with van der Waals surface area (Å²) < 4.78 is 0. The normalized spacial score (nSPS) is 11.7. The Balaban J connectivity index is 1.60. The van der Waals surface area contributed by atoms with E-state index in [0.717, 1.165) is 31.5 Å². The number of rotatable bonds is 15. The van der Waals surface area contributed by atoms with Crippen LogP contribution in [0.3, 0.4) is 0 Å². The molecule has 2 aromatic rings. The van der Waals surface area contributed by atoms with Crippen LogP contribution >= 0.6 is 0 Å². The maximum absolute atomic E-state index is 12.2. The average Bonchev–Trinajstić information content (AvgIpc) is 2.80. The first-order valence-electron chi connectivity index (χ1n) is 11.7. The molecule has 0 aromatic heterocycles. The molecule has 184 valence electrons. The van der Waals surface area contributed by atoms with Crippen LogP contribution in [0, 0.1) is 0 Å². The zero-order valence-electron chi connectivity index (χ0n) is 19.8. The van der Waals surface area contributed by atoms with Gasteiger partial charge in [-0.3, -0.25) is 14.4 Å². The number of nitrogens with two attached hydrogens (primary N) is 1. The van der Waals surface area contributed by atoms with Gasteiger partial charge >= 0.3 is 0 Å². The third-order valence-electron chi connectivity index (χ3n) is 5.48. The maximum Gasteiger partial charge on any atom is 0.240 e. The highest BCUT2D eigenvalue weighted by Gasteiger charge is 2.21. The number of nitrogens with zero attached hydrogens (tertiary/aromatic N) is 1. The Labute approximate surface area is 201 Å². The predicted molar refractivity (Wildman–Crippen MR) is 132 cm³/mol. The Morgan fingerprint density at radius 3 is 2.32 bits per heavy atom. The minimum Gasteiger partial charge on any atom is -0.508 e. The molecular formula is C26H36N4O4. The lowest BCUT2D eigenvalue weighted by Gasteiger charge is -2.17. The monoisotopic (exact) mass is 468 g/mol. The summed E-state index contributed by atoms with van der Waals surface area (Å²) in [5.74, 6) is -1.18. The Hall–Kier alpha value is -3.39. The first kappa shape index (κ1) is 26.9. The van der Waals surface area contributed by atoms with Gasteiger partial charge in [-0.1, -0.05) is 48.9 Å². The zero-order valence-corrected chi connectivity index (χ0v) is 19.8. The van der Waals surface area contributed by atoms with Crippen molar-refractivity contribution in [2.45, 2.75) is 51.1 Å². The summed E-state index contributed by atoms with van der Waals surface area (Å²) in [6, 6.07) is 16.0. The van der Waals surface area contributed by atoms with E-state index in [1.165, 1.54) is 5.56 Å². The number of benzene rings is 2.